The smallest absolute Gasteiger partial charge is 0.403 e. The Morgan fingerprint density at radius 3 is 2.56 bits per heavy atom. The summed E-state index contributed by atoms with van der Waals surface area (Å²) in [5, 5.41) is 0. The van der Waals surface area contributed by atoms with E-state index < -0.39 is 5.43 Å². The third-order valence-electron chi connectivity index (χ3n) is 2.38. The topological polar surface area (TPSA) is 35.5 Å². The minimum Gasteiger partial charge on any atom is -0.496 e. The summed E-state index contributed by atoms with van der Waals surface area (Å²) in [6.45, 7) is 4.14. The molecule has 88 valence electrons. The lowest BCUT2D eigenvalue weighted by Gasteiger charge is -2.25. The Morgan fingerprint density at radius 1 is 1.38 bits per heavy atom. The van der Waals surface area contributed by atoms with E-state index in [1.807, 2.05) is 38.1 Å². The van der Waals surface area contributed by atoms with Gasteiger partial charge in [-0.05, 0) is 6.07 Å². The molecule has 0 fully saturated rings. The maximum atomic E-state index is 10.6. The zero-order valence-electron chi connectivity index (χ0n) is 9.62. The highest BCUT2D eigenvalue weighted by atomic mass is 35.5. The van der Waals surface area contributed by atoms with Gasteiger partial charge in [0.25, 0.3) is 0 Å². The molecule has 0 saturated carbocycles. The van der Waals surface area contributed by atoms with Crippen LogP contribution in [0.3, 0.4) is 0 Å². The van der Waals surface area contributed by atoms with Crippen LogP contribution in [0.4, 0.5) is 4.79 Å². The normalized spacial score (nSPS) is 11.0. The van der Waals surface area contributed by atoms with Gasteiger partial charge in [0.2, 0.25) is 0 Å². The standard InChI is InChI=1S/C12H15ClO3/c1-12(2,8-16-11(13)14)9-6-4-5-7-10(9)15-3/h4-7H,8H2,1-3H3. The van der Waals surface area contributed by atoms with Gasteiger partial charge in [0, 0.05) is 22.6 Å². The van der Waals surface area contributed by atoms with E-state index in [0.717, 1.165) is 11.3 Å². The second-order valence-electron chi connectivity index (χ2n) is 4.11. The van der Waals surface area contributed by atoms with Crippen molar-refractivity contribution in [3.8, 4) is 5.75 Å². The number of carbonyl (C=O) groups is 1. The first-order valence-electron chi connectivity index (χ1n) is 4.93. The first-order valence-corrected chi connectivity index (χ1v) is 5.31. The largest absolute Gasteiger partial charge is 0.496 e. The number of carbonyl (C=O) groups excluding carboxylic acids is 1. The number of halogens is 1. The van der Waals surface area contributed by atoms with Crippen molar-refractivity contribution in [2.24, 2.45) is 0 Å². The second kappa shape index (κ2) is 5.21. The predicted molar refractivity (Wildman–Crippen MR) is 63.2 cm³/mol. The summed E-state index contributed by atoms with van der Waals surface area (Å²) < 4.78 is 10.1. The van der Waals surface area contributed by atoms with Gasteiger partial charge in [-0.25, -0.2) is 4.79 Å². The molecule has 1 rings (SSSR count). The molecule has 0 unspecified atom stereocenters. The van der Waals surface area contributed by atoms with E-state index in [1.54, 1.807) is 7.11 Å². The van der Waals surface area contributed by atoms with Crippen LogP contribution in [0, 0.1) is 0 Å². The van der Waals surface area contributed by atoms with E-state index in [2.05, 4.69) is 0 Å². The molecule has 0 N–H and O–H groups in total. The number of methoxy groups -OCH3 is 1. The van der Waals surface area contributed by atoms with Gasteiger partial charge in [0.05, 0.1) is 7.11 Å². The molecule has 4 heteroatoms. The Balaban J connectivity index is 2.92. The quantitative estimate of drug-likeness (QED) is 0.760. The van der Waals surface area contributed by atoms with Crippen LogP contribution in [0.15, 0.2) is 24.3 Å². The fourth-order valence-corrected chi connectivity index (χ4v) is 1.57. The lowest BCUT2D eigenvalue weighted by atomic mass is 9.85. The molecule has 0 aliphatic carbocycles. The van der Waals surface area contributed by atoms with Crippen molar-refractivity contribution < 1.29 is 14.3 Å². The first-order chi connectivity index (χ1) is 7.47. The van der Waals surface area contributed by atoms with Gasteiger partial charge < -0.3 is 9.47 Å². The van der Waals surface area contributed by atoms with E-state index >= 15 is 0 Å². The zero-order chi connectivity index (χ0) is 12.2. The highest BCUT2D eigenvalue weighted by Gasteiger charge is 2.25. The monoisotopic (exact) mass is 242 g/mol. The molecule has 0 aliphatic rings. The number of rotatable bonds is 4. The van der Waals surface area contributed by atoms with E-state index in [4.69, 9.17) is 21.1 Å². The van der Waals surface area contributed by atoms with Crippen molar-refractivity contribution >= 4 is 17.0 Å². The van der Waals surface area contributed by atoms with E-state index in [1.165, 1.54) is 0 Å². The van der Waals surface area contributed by atoms with Crippen molar-refractivity contribution in [1.82, 2.24) is 0 Å². The molecule has 0 spiro atoms. The molecule has 0 atom stereocenters. The Kier molecular flexibility index (Phi) is 4.19. The van der Waals surface area contributed by atoms with E-state index in [0.29, 0.717) is 0 Å². The van der Waals surface area contributed by atoms with Crippen LogP contribution in [0.5, 0.6) is 5.75 Å². The van der Waals surface area contributed by atoms with Crippen LogP contribution in [0.2, 0.25) is 0 Å². The lowest BCUT2D eigenvalue weighted by Crippen LogP contribution is -2.25. The van der Waals surface area contributed by atoms with Gasteiger partial charge in [-0.3, -0.25) is 0 Å². The average molecular weight is 243 g/mol. The number of para-hydroxylation sites is 1. The number of benzene rings is 1. The number of hydrogen-bond acceptors (Lipinski definition) is 3. The zero-order valence-corrected chi connectivity index (χ0v) is 10.4. The Hall–Kier alpha value is -1.22. The number of hydrogen-bond donors (Lipinski definition) is 0. The molecule has 1 aromatic rings. The van der Waals surface area contributed by atoms with Crippen molar-refractivity contribution in [1.29, 1.82) is 0 Å². The summed E-state index contributed by atoms with van der Waals surface area (Å²) in [4.78, 5) is 10.6. The van der Waals surface area contributed by atoms with Gasteiger partial charge in [-0.15, -0.1) is 0 Å². The van der Waals surface area contributed by atoms with Crippen LogP contribution in [-0.4, -0.2) is 19.1 Å². The highest BCUT2D eigenvalue weighted by Crippen LogP contribution is 2.31. The molecule has 0 amide bonds. The van der Waals surface area contributed by atoms with Gasteiger partial charge in [-0.2, -0.15) is 0 Å². The van der Waals surface area contributed by atoms with E-state index in [-0.39, 0.29) is 12.0 Å². The predicted octanol–water partition coefficient (Wildman–Crippen LogP) is 3.35. The molecular weight excluding hydrogens is 228 g/mol. The van der Waals surface area contributed by atoms with Crippen molar-refractivity contribution in [3.05, 3.63) is 29.8 Å². The van der Waals surface area contributed by atoms with Crippen LogP contribution in [0.1, 0.15) is 19.4 Å². The molecule has 0 bridgehead atoms. The first kappa shape index (κ1) is 12.8. The summed E-state index contributed by atoms with van der Waals surface area (Å²) in [5.74, 6) is 0.776. The molecule has 0 aromatic heterocycles. The fraction of sp³-hybridized carbons (Fsp3) is 0.417. The van der Waals surface area contributed by atoms with Crippen molar-refractivity contribution in [3.63, 3.8) is 0 Å². The van der Waals surface area contributed by atoms with Crippen LogP contribution >= 0.6 is 11.6 Å². The summed E-state index contributed by atoms with van der Waals surface area (Å²) in [7, 11) is 1.61. The van der Waals surface area contributed by atoms with Gasteiger partial charge in [0.15, 0.2) is 0 Å². The van der Waals surface area contributed by atoms with Crippen molar-refractivity contribution in [2.45, 2.75) is 19.3 Å². The Labute approximate surface area is 100 Å². The molecule has 3 nitrogen and oxygen atoms in total. The van der Waals surface area contributed by atoms with Gasteiger partial charge in [-0.1, -0.05) is 32.0 Å². The molecule has 0 radical (unpaired) electrons. The van der Waals surface area contributed by atoms with Crippen molar-refractivity contribution in [2.75, 3.05) is 13.7 Å². The molecule has 16 heavy (non-hydrogen) atoms. The van der Waals surface area contributed by atoms with Gasteiger partial charge >= 0.3 is 5.43 Å². The maximum Gasteiger partial charge on any atom is 0.403 e. The highest BCUT2D eigenvalue weighted by molar-refractivity contribution is 6.61. The fourth-order valence-electron chi connectivity index (χ4n) is 1.52. The van der Waals surface area contributed by atoms with Crippen LogP contribution < -0.4 is 4.74 Å². The Morgan fingerprint density at radius 2 is 2.00 bits per heavy atom. The average Bonchev–Trinajstić information content (AvgIpc) is 2.26. The molecule has 0 aliphatic heterocycles. The van der Waals surface area contributed by atoms with Crippen LogP contribution in [-0.2, 0) is 10.2 Å². The SMILES string of the molecule is COc1ccccc1C(C)(C)COC(=O)Cl. The summed E-state index contributed by atoms with van der Waals surface area (Å²) in [5.41, 5.74) is -0.143. The minimum absolute atomic E-state index is 0.218. The molecule has 0 saturated heterocycles. The lowest BCUT2D eigenvalue weighted by molar-refractivity contribution is 0.147. The summed E-state index contributed by atoms with van der Waals surface area (Å²) >= 11 is 5.15. The third-order valence-corrected chi connectivity index (χ3v) is 2.49. The minimum atomic E-state index is -0.789. The maximum absolute atomic E-state index is 10.6. The van der Waals surface area contributed by atoms with E-state index in [9.17, 15) is 4.79 Å². The van der Waals surface area contributed by atoms with Gasteiger partial charge in [0.1, 0.15) is 12.4 Å². The molecule has 1 aromatic carbocycles. The third kappa shape index (κ3) is 3.14. The molecule has 0 heterocycles. The number of ether oxygens (including phenoxy) is 2. The summed E-state index contributed by atoms with van der Waals surface area (Å²) in [6.07, 6.45) is 0. The van der Waals surface area contributed by atoms with Crippen LogP contribution in [0.25, 0.3) is 0 Å². The molecular formula is C12H15ClO3. The Bertz CT molecular complexity index is 374. The summed E-state index contributed by atoms with van der Waals surface area (Å²) in [6, 6.07) is 7.63. The second-order valence-corrected chi connectivity index (χ2v) is 4.42.